The van der Waals surface area contributed by atoms with Gasteiger partial charge in [0.1, 0.15) is 6.10 Å². The fraction of sp³-hybridized carbons (Fsp3) is 0.500. The first kappa shape index (κ1) is 17.7. The number of likely N-dealkylation sites (tertiary alicyclic amines) is 2. The van der Waals surface area contributed by atoms with E-state index in [9.17, 15) is 14.7 Å². The molecule has 0 unspecified atom stereocenters. The monoisotopic (exact) mass is 342 g/mol. The van der Waals surface area contributed by atoms with Crippen LogP contribution in [0.15, 0.2) is 36.4 Å². The van der Waals surface area contributed by atoms with E-state index in [0.717, 1.165) is 24.9 Å². The van der Waals surface area contributed by atoms with E-state index >= 15 is 0 Å². The topological polar surface area (TPSA) is 60.9 Å². The molecule has 0 bridgehead atoms. The van der Waals surface area contributed by atoms with Crippen LogP contribution in [0.1, 0.15) is 31.7 Å². The maximum atomic E-state index is 12.4. The predicted octanol–water partition coefficient (Wildman–Crippen LogP) is 1.92. The van der Waals surface area contributed by atoms with Crippen molar-refractivity contribution in [3.63, 3.8) is 0 Å². The van der Waals surface area contributed by atoms with E-state index in [4.69, 9.17) is 0 Å². The van der Waals surface area contributed by atoms with E-state index in [1.165, 1.54) is 6.92 Å². The minimum atomic E-state index is -0.945. The molecule has 1 spiro atoms. The van der Waals surface area contributed by atoms with E-state index in [0.29, 0.717) is 26.1 Å². The third-order valence-electron chi connectivity index (χ3n) is 5.33. The zero-order valence-electron chi connectivity index (χ0n) is 14.7. The molecule has 0 radical (unpaired) electrons. The number of carbonyl (C=O) groups is 2. The Kier molecular flexibility index (Phi) is 5.23. The van der Waals surface area contributed by atoms with Gasteiger partial charge in [0.15, 0.2) is 0 Å². The molecule has 1 aromatic rings. The van der Waals surface area contributed by atoms with Gasteiger partial charge in [-0.1, -0.05) is 42.5 Å². The summed E-state index contributed by atoms with van der Waals surface area (Å²) in [5, 5.41) is 9.44. The lowest BCUT2D eigenvalue weighted by atomic mass is 9.77. The Labute approximate surface area is 148 Å². The second-order valence-electron chi connectivity index (χ2n) is 7.27. The molecule has 2 fully saturated rings. The largest absolute Gasteiger partial charge is 0.384 e. The quantitative estimate of drug-likeness (QED) is 0.909. The van der Waals surface area contributed by atoms with E-state index in [1.54, 1.807) is 4.90 Å². The molecule has 0 saturated carbocycles. The normalized spacial score (nSPS) is 21.3. The van der Waals surface area contributed by atoms with Gasteiger partial charge in [0.05, 0.1) is 0 Å². The minimum absolute atomic E-state index is 0.00680. The Hall–Kier alpha value is -2.14. The average molecular weight is 342 g/mol. The SMILES string of the molecule is C[C@H](O)C(=O)N1CCC2(CC1)CC(=O)N(C/C=C/c1ccccc1)C2. The number of hydrogen-bond donors (Lipinski definition) is 1. The van der Waals surface area contributed by atoms with Crippen LogP contribution in [-0.4, -0.2) is 59.0 Å². The molecule has 5 nitrogen and oxygen atoms in total. The standard InChI is InChI=1S/C20H26N2O3/c1-16(23)19(25)21-12-9-20(10-13-21)14-18(24)22(15-20)11-5-8-17-6-3-2-4-7-17/h2-8,16,23H,9-15H2,1H3/b8-5+/t16-/m0/s1. The molecule has 25 heavy (non-hydrogen) atoms. The molecule has 2 saturated heterocycles. The van der Waals surface area contributed by atoms with Crippen molar-refractivity contribution in [2.24, 2.45) is 5.41 Å². The van der Waals surface area contributed by atoms with Crippen molar-refractivity contribution in [3.05, 3.63) is 42.0 Å². The maximum absolute atomic E-state index is 12.4. The first-order chi connectivity index (χ1) is 12.0. The number of aliphatic hydroxyl groups is 1. The van der Waals surface area contributed by atoms with Crippen LogP contribution in [0.3, 0.4) is 0 Å². The molecule has 1 atom stereocenters. The number of nitrogens with zero attached hydrogens (tertiary/aromatic N) is 2. The van der Waals surface area contributed by atoms with Gasteiger partial charge in [-0.2, -0.15) is 0 Å². The lowest BCUT2D eigenvalue weighted by Crippen LogP contribution is -2.47. The van der Waals surface area contributed by atoms with Crippen molar-refractivity contribution < 1.29 is 14.7 Å². The van der Waals surface area contributed by atoms with Crippen molar-refractivity contribution in [3.8, 4) is 0 Å². The number of hydrogen-bond acceptors (Lipinski definition) is 3. The van der Waals surface area contributed by atoms with Crippen molar-refractivity contribution in [1.29, 1.82) is 0 Å². The Bertz CT molecular complexity index is 646. The van der Waals surface area contributed by atoms with Crippen LogP contribution >= 0.6 is 0 Å². The molecule has 1 N–H and O–H groups in total. The Morgan fingerprint density at radius 1 is 1.28 bits per heavy atom. The van der Waals surface area contributed by atoms with Crippen LogP contribution < -0.4 is 0 Å². The molecular weight excluding hydrogens is 316 g/mol. The highest BCUT2D eigenvalue weighted by Crippen LogP contribution is 2.41. The van der Waals surface area contributed by atoms with Gasteiger partial charge in [-0.3, -0.25) is 9.59 Å². The predicted molar refractivity (Wildman–Crippen MR) is 96.6 cm³/mol. The fourth-order valence-electron chi connectivity index (χ4n) is 3.83. The summed E-state index contributed by atoms with van der Waals surface area (Å²) in [6.45, 7) is 4.16. The molecule has 2 aliphatic rings. The minimum Gasteiger partial charge on any atom is -0.384 e. The Balaban J connectivity index is 1.54. The molecule has 0 aromatic heterocycles. The lowest BCUT2D eigenvalue weighted by Gasteiger charge is -2.39. The lowest BCUT2D eigenvalue weighted by molar-refractivity contribution is -0.141. The third-order valence-corrected chi connectivity index (χ3v) is 5.33. The third kappa shape index (κ3) is 4.10. The summed E-state index contributed by atoms with van der Waals surface area (Å²) in [4.78, 5) is 27.9. The Morgan fingerprint density at radius 3 is 2.60 bits per heavy atom. The zero-order valence-corrected chi connectivity index (χ0v) is 14.7. The van der Waals surface area contributed by atoms with Gasteiger partial charge in [0.25, 0.3) is 5.91 Å². The van der Waals surface area contributed by atoms with E-state index in [-0.39, 0.29) is 17.2 Å². The molecule has 1 aromatic carbocycles. The zero-order chi connectivity index (χ0) is 17.9. The van der Waals surface area contributed by atoms with Gasteiger partial charge in [0.2, 0.25) is 5.91 Å². The van der Waals surface area contributed by atoms with Crippen LogP contribution in [0, 0.1) is 5.41 Å². The summed E-state index contributed by atoms with van der Waals surface area (Å²) in [7, 11) is 0. The average Bonchev–Trinajstić information content (AvgIpc) is 2.91. The van der Waals surface area contributed by atoms with Crippen molar-refractivity contribution >= 4 is 17.9 Å². The summed E-state index contributed by atoms with van der Waals surface area (Å²) in [6, 6.07) is 10.1. The summed E-state index contributed by atoms with van der Waals surface area (Å²) < 4.78 is 0. The number of amides is 2. The van der Waals surface area contributed by atoms with E-state index in [2.05, 4.69) is 0 Å². The van der Waals surface area contributed by atoms with Crippen molar-refractivity contribution in [2.75, 3.05) is 26.2 Å². The molecular formula is C20H26N2O3. The molecule has 2 heterocycles. The number of rotatable bonds is 4. The molecule has 2 amide bonds. The van der Waals surface area contributed by atoms with Crippen molar-refractivity contribution in [1.82, 2.24) is 9.80 Å². The molecule has 2 aliphatic heterocycles. The van der Waals surface area contributed by atoms with Gasteiger partial charge in [-0.25, -0.2) is 0 Å². The maximum Gasteiger partial charge on any atom is 0.251 e. The van der Waals surface area contributed by atoms with E-state index < -0.39 is 6.10 Å². The van der Waals surface area contributed by atoms with E-state index in [1.807, 2.05) is 47.4 Å². The molecule has 3 rings (SSSR count). The fourth-order valence-corrected chi connectivity index (χ4v) is 3.83. The second kappa shape index (κ2) is 7.40. The summed E-state index contributed by atoms with van der Waals surface area (Å²) in [5.41, 5.74) is 1.13. The number of aliphatic hydroxyl groups excluding tert-OH is 1. The van der Waals surface area contributed by atoms with Crippen LogP contribution in [-0.2, 0) is 9.59 Å². The smallest absolute Gasteiger partial charge is 0.251 e. The molecule has 134 valence electrons. The highest BCUT2D eigenvalue weighted by molar-refractivity contribution is 5.81. The molecule has 5 heteroatoms. The van der Waals surface area contributed by atoms with Crippen LogP contribution in [0.25, 0.3) is 6.08 Å². The first-order valence-corrected chi connectivity index (χ1v) is 8.95. The number of piperidine rings is 1. The van der Waals surface area contributed by atoms with Gasteiger partial charge in [-0.15, -0.1) is 0 Å². The van der Waals surface area contributed by atoms with Crippen LogP contribution in [0.4, 0.5) is 0 Å². The van der Waals surface area contributed by atoms with Gasteiger partial charge in [-0.05, 0) is 25.3 Å². The first-order valence-electron chi connectivity index (χ1n) is 8.95. The van der Waals surface area contributed by atoms with Crippen molar-refractivity contribution in [2.45, 2.75) is 32.3 Å². The van der Waals surface area contributed by atoms with Crippen LogP contribution in [0.5, 0.6) is 0 Å². The van der Waals surface area contributed by atoms with Crippen LogP contribution in [0.2, 0.25) is 0 Å². The summed E-state index contributed by atoms with van der Waals surface area (Å²) in [5.74, 6) is -0.00478. The Morgan fingerprint density at radius 2 is 1.96 bits per heavy atom. The summed E-state index contributed by atoms with van der Waals surface area (Å²) >= 11 is 0. The highest BCUT2D eigenvalue weighted by Gasteiger charge is 2.45. The van der Waals surface area contributed by atoms with Gasteiger partial charge >= 0.3 is 0 Å². The highest BCUT2D eigenvalue weighted by atomic mass is 16.3. The van der Waals surface area contributed by atoms with Gasteiger partial charge < -0.3 is 14.9 Å². The molecule has 0 aliphatic carbocycles. The second-order valence-corrected chi connectivity index (χ2v) is 7.27. The van der Waals surface area contributed by atoms with Gasteiger partial charge in [0, 0.05) is 38.0 Å². The number of carbonyl (C=O) groups excluding carboxylic acids is 2. The summed E-state index contributed by atoms with van der Waals surface area (Å²) in [6.07, 6.45) is 5.37. The number of benzene rings is 1.